The van der Waals surface area contributed by atoms with Crippen LogP contribution in [-0.4, -0.2) is 53.2 Å². The molecule has 5 rings (SSSR count). The number of ether oxygens (including phenoxy) is 1. The lowest BCUT2D eigenvalue weighted by Crippen LogP contribution is -2.38. The van der Waals surface area contributed by atoms with E-state index in [0.717, 1.165) is 18.5 Å². The highest BCUT2D eigenvalue weighted by Crippen LogP contribution is 2.35. The first-order valence-corrected chi connectivity index (χ1v) is 12.7. The Bertz CT molecular complexity index is 1810. The van der Waals surface area contributed by atoms with E-state index in [1.54, 1.807) is 0 Å². The van der Waals surface area contributed by atoms with Crippen LogP contribution >= 0.6 is 11.6 Å². The molecule has 0 unspecified atom stereocenters. The van der Waals surface area contributed by atoms with Crippen molar-refractivity contribution in [3.05, 3.63) is 83.4 Å². The maximum absolute atomic E-state index is 15.3. The molecule has 0 radical (unpaired) electrons. The van der Waals surface area contributed by atoms with Crippen molar-refractivity contribution in [2.75, 3.05) is 12.3 Å². The quantitative estimate of drug-likeness (QED) is 0.132. The van der Waals surface area contributed by atoms with Gasteiger partial charge in [-0.25, -0.2) is 14.1 Å². The molecule has 0 spiro atoms. The second kappa shape index (κ2) is 12.0. The largest absolute Gasteiger partial charge is 0.436 e. The summed E-state index contributed by atoms with van der Waals surface area (Å²) in [4.78, 5) is 7.39. The van der Waals surface area contributed by atoms with Crippen molar-refractivity contribution in [1.82, 2.24) is 34.7 Å². The lowest BCUT2D eigenvalue weighted by molar-refractivity contribution is -0.910. The van der Waals surface area contributed by atoms with Crippen LogP contribution in [0.2, 0.25) is 5.02 Å². The zero-order valence-corrected chi connectivity index (χ0v) is 22.6. The van der Waals surface area contributed by atoms with E-state index in [9.17, 15) is 31.5 Å². The van der Waals surface area contributed by atoms with Gasteiger partial charge in [0.15, 0.2) is 11.5 Å². The van der Waals surface area contributed by atoms with Crippen molar-refractivity contribution < 1.29 is 45.4 Å². The average Bonchev–Trinajstić information content (AvgIpc) is 3.64. The molecule has 5 aromatic rings. The molecular formula is C25H18ClF7N9O2+. The molecule has 19 heteroatoms. The number of nitrogens with two attached hydrogens (primary N) is 1. The van der Waals surface area contributed by atoms with Gasteiger partial charge in [0, 0.05) is 29.0 Å². The Hall–Kier alpha value is -4.84. The number of hydrogen-bond donors (Lipinski definition) is 2. The minimum atomic E-state index is -4.82. The van der Waals surface area contributed by atoms with Crippen LogP contribution in [0.15, 0.2) is 55.2 Å². The molecule has 0 aliphatic carbocycles. The number of aromatic nitrogens is 8. The number of nitrogens with zero attached hydrogens (tertiary/aromatic N) is 8. The minimum Gasteiger partial charge on any atom is -0.382 e. The maximum atomic E-state index is 15.3. The summed E-state index contributed by atoms with van der Waals surface area (Å²) in [6.45, 7) is -3.60. The maximum Gasteiger partial charge on any atom is 0.436 e. The molecule has 44 heavy (non-hydrogen) atoms. The van der Waals surface area contributed by atoms with Gasteiger partial charge in [-0.1, -0.05) is 16.8 Å². The fourth-order valence-corrected chi connectivity index (χ4v) is 4.48. The molecule has 0 bridgehead atoms. The molecule has 0 fully saturated rings. The van der Waals surface area contributed by atoms with Gasteiger partial charge in [-0.05, 0) is 18.2 Å². The van der Waals surface area contributed by atoms with E-state index < -0.39 is 42.9 Å². The first-order chi connectivity index (χ1) is 20.8. The van der Waals surface area contributed by atoms with Gasteiger partial charge < -0.3 is 10.5 Å². The molecule has 3 N–H and O–H groups in total. The molecule has 0 saturated heterocycles. The monoisotopic (exact) mass is 644 g/mol. The summed E-state index contributed by atoms with van der Waals surface area (Å²) in [5.41, 5.74) is 3.50. The van der Waals surface area contributed by atoms with Crippen LogP contribution in [0, 0.1) is 11.8 Å². The zero-order valence-electron chi connectivity index (χ0n) is 21.8. The molecule has 0 saturated carbocycles. The number of nitrogen functional groups attached to an aromatic ring is 1. The molecule has 11 nitrogen and oxygen atoms in total. The summed E-state index contributed by atoms with van der Waals surface area (Å²) in [6.07, 6.45) is 0.236. The zero-order chi connectivity index (χ0) is 31.8. The van der Waals surface area contributed by atoms with Gasteiger partial charge in [0.1, 0.15) is 17.6 Å². The molecule has 4 aromatic heterocycles. The molecule has 0 aliphatic rings. The van der Waals surface area contributed by atoms with E-state index in [2.05, 4.69) is 30.1 Å². The van der Waals surface area contributed by atoms with Crippen molar-refractivity contribution in [3.63, 3.8) is 0 Å². The van der Waals surface area contributed by atoms with E-state index in [0.29, 0.717) is 15.6 Å². The molecule has 0 amide bonds. The third-order valence-corrected chi connectivity index (χ3v) is 6.56. The van der Waals surface area contributed by atoms with Crippen molar-refractivity contribution in [2.45, 2.75) is 25.3 Å². The fraction of sp³-hybridized carbons (Fsp3) is 0.200. The van der Waals surface area contributed by atoms with Crippen molar-refractivity contribution >= 4 is 17.4 Å². The Morgan fingerprint density at radius 3 is 2.50 bits per heavy atom. The van der Waals surface area contributed by atoms with E-state index in [-0.39, 0.29) is 51.0 Å². The number of hydrogen-bond acceptors (Lipinski definition) is 8. The van der Waals surface area contributed by atoms with E-state index in [1.807, 2.05) is 0 Å². The second-order valence-electron chi connectivity index (χ2n) is 9.07. The predicted octanol–water partition coefficient (Wildman–Crippen LogP) is 4.86. The van der Waals surface area contributed by atoms with E-state index >= 15 is 4.39 Å². The van der Waals surface area contributed by atoms with Crippen LogP contribution in [-0.2, 0) is 10.9 Å². The molecule has 230 valence electrons. The number of halogens is 8. The first-order valence-electron chi connectivity index (χ1n) is 12.3. The topological polar surface area (TPSA) is 134 Å². The Morgan fingerprint density at radius 2 is 1.84 bits per heavy atom. The number of pyridine rings is 1. The Labute approximate surface area is 246 Å². The van der Waals surface area contributed by atoms with Gasteiger partial charge in [0.25, 0.3) is 5.69 Å². The Kier molecular flexibility index (Phi) is 8.38. The Morgan fingerprint density at radius 1 is 1.07 bits per heavy atom. The summed E-state index contributed by atoms with van der Waals surface area (Å²) >= 11 is 5.96. The lowest BCUT2D eigenvalue weighted by atomic mass is 10.0. The van der Waals surface area contributed by atoms with Gasteiger partial charge in [-0.2, -0.15) is 36.4 Å². The van der Waals surface area contributed by atoms with Gasteiger partial charge in [-0.15, -0.1) is 5.10 Å². The van der Waals surface area contributed by atoms with Crippen LogP contribution < -0.4 is 10.5 Å². The van der Waals surface area contributed by atoms with Crippen molar-refractivity contribution in [3.8, 4) is 28.1 Å². The summed E-state index contributed by atoms with van der Waals surface area (Å²) < 4.78 is 101. The van der Waals surface area contributed by atoms with E-state index in [4.69, 9.17) is 17.3 Å². The van der Waals surface area contributed by atoms with Gasteiger partial charge >= 0.3 is 12.8 Å². The minimum absolute atomic E-state index is 0.0224. The van der Waals surface area contributed by atoms with Gasteiger partial charge in [0.2, 0.25) is 12.1 Å². The summed E-state index contributed by atoms with van der Waals surface area (Å²) in [5.74, 6) is -2.19. The summed E-state index contributed by atoms with van der Waals surface area (Å²) in [6, 6.07) is 3.90. The number of alkyl halides is 5. The average molecular weight is 645 g/mol. The van der Waals surface area contributed by atoms with Crippen molar-refractivity contribution in [2.24, 2.45) is 0 Å². The summed E-state index contributed by atoms with van der Waals surface area (Å²) in [7, 11) is 0. The number of anilines is 1. The number of benzene rings is 1. The van der Waals surface area contributed by atoms with Crippen LogP contribution in [0.25, 0.3) is 28.1 Å². The molecule has 0 aliphatic heterocycles. The molecule has 4 heterocycles. The SMILES string of the molecule is Nc1cnc(-c2cnn([C@@H](CCOC(F)F)c3ccc(-c4c(-n5cc(C(F)(F)F)nn5)ccc(Cl)c4F)c[n+]3O)c2)c(F)n1. The third-order valence-electron chi connectivity index (χ3n) is 6.27. The van der Waals surface area contributed by atoms with E-state index in [1.165, 1.54) is 35.3 Å². The van der Waals surface area contributed by atoms with Crippen molar-refractivity contribution in [1.29, 1.82) is 0 Å². The molecule has 1 atom stereocenters. The number of rotatable bonds is 9. The fourth-order valence-electron chi connectivity index (χ4n) is 4.32. The van der Waals surface area contributed by atoms with Crippen LogP contribution in [0.4, 0.5) is 36.6 Å². The van der Waals surface area contributed by atoms with Gasteiger partial charge in [-0.3, -0.25) is 9.89 Å². The Balaban J connectivity index is 1.55. The predicted molar refractivity (Wildman–Crippen MR) is 136 cm³/mol. The highest BCUT2D eigenvalue weighted by molar-refractivity contribution is 6.31. The standard InChI is InChI=1S/C25H18ClF7N9O2/c26-14-2-4-17(41-11-18(38-39-41)25(31,32)33)20(21(14)27)12-1-3-16(42(43)10-12)15(5-6-44-24(29)30)40-9-13(7-36-40)22-23(28)37-19(34)8-35-22/h1-4,7-11,15,24,43H,5-6H2,(H2,34,37)/q+1/t15-/m0/s1. The third kappa shape index (κ3) is 6.25. The molecular weight excluding hydrogens is 627 g/mol. The van der Waals surface area contributed by atoms with Crippen LogP contribution in [0.1, 0.15) is 23.9 Å². The molecule has 1 aromatic carbocycles. The highest BCUT2D eigenvalue weighted by atomic mass is 35.5. The smallest absolute Gasteiger partial charge is 0.382 e. The summed E-state index contributed by atoms with van der Waals surface area (Å²) in [5, 5.41) is 21.3. The van der Waals surface area contributed by atoms with Crippen LogP contribution in [0.5, 0.6) is 0 Å². The normalized spacial score (nSPS) is 12.7. The lowest BCUT2D eigenvalue weighted by Gasteiger charge is -2.15. The first kappa shape index (κ1) is 30.6. The highest BCUT2D eigenvalue weighted by Gasteiger charge is 2.35. The van der Waals surface area contributed by atoms with Gasteiger partial charge in [0.05, 0.1) is 47.0 Å². The van der Waals surface area contributed by atoms with Crippen LogP contribution in [0.3, 0.4) is 0 Å². The second-order valence-corrected chi connectivity index (χ2v) is 9.48.